The van der Waals surface area contributed by atoms with Crippen LogP contribution in [0.5, 0.6) is 0 Å². The summed E-state index contributed by atoms with van der Waals surface area (Å²) in [5.74, 6) is 0. The molecule has 0 aliphatic heterocycles. The predicted molar refractivity (Wildman–Crippen MR) is 62.0 cm³/mol. The molecule has 3 nitrogen and oxygen atoms in total. The SMILES string of the molecule is CN(CCO)Cc1ccc(Br)c(N)c1. The van der Waals surface area contributed by atoms with E-state index in [0.29, 0.717) is 6.54 Å². The number of anilines is 1. The van der Waals surface area contributed by atoms with E-state index in [-0.39, 0.29) is 6.61 Å². The standard InChI is InChI=1S/C10H15BrN2O/c1-13(4-5-14)7-8-2-3-9(11)10(12)6-8/h2-3,6,14H,4-5,7,12H2,1H3. The fraction of sp³-hybridized carbons (Fsp3) is 0.400. The molecule has 0 bridgehead atoms. The molecule has 1 aromatic rings. The summed E-state index contributed by atoms with van der Waals surface area (Å²) in [6.45, 7) is 1.66. The number of nitrogen functional groups attached to an aromatic ring is 1. The van der Waals surface area contributed by atoms with Gasteiger partial charge in [0.05, 0.1) is 6.61 Å². The first-order chi connectivity index (χ1) is 6.63. The highest BCUT2D eigenvalue weighted by molar-refractivity contribution is 9.10. The molecule has 0 saturated carbocycles. The number of nitrogens with two attached hydrogens (primary N) is 1. The van der Waals surface area contributed by atoms with E-state index in [0.717, 1.165) is 22.3 Å². The average Bonchev–Trinajstić information content (AvgIpc) is 2.12. The number of aliphatic hydroxyl groups is 1. The van der Waals surface area contributed by atoms with Crippen molar-refractivity contribution in [2.45, 2.75) is 6.54 Å². The third-order valence-electron chi connectivity index (χ3n) is 1.99. The quantitative estimate of drug-likeness (QED) is 0.805. The molecule has 0 aromatic heterocycles. The second kappa shape index (κ2) is 5.34. The molecule has 3 N–H and O–H groups in total. The van der Waals surface area contributed by atoms with Crippen LogP contribution in [0.3, 0.4) is 0 Å². The van der Waals surface area contributed by atoms with E-state index < -0.39 is 0 Å². The monoisotopic (exact) mass is 258 g/mol. The van der Waals surface area contributed by atoms with Gasteiger partial charge in [0.1, 0.15) is 0 Å². The normalized spacial score (nSPS) is 10.9. The number of halogens is 1. The van der Waals surface area contributed by atoms with E-state index in [1.165, 1.54) is 0 Å². The van der Waals surface area contributed by atoms with Gasteiger partial charge in [0, 0.05) is 23.2 Å². The van der Waals surface area contributed by atoms with Crippen LogP contribution < -0.4 is 5.73 Å². The van der Waals surface area contributed by atoms with Crippen molar-refractivity contribution in [1.82, 2.24) is 4.90 Å². The van der Waals surface area contributed by atoms with Crippen molar-refractivity contribution in [1.29, 1.82) is 0 Å². The van der Waals surface area contributed by atoms with Crippen LogP contribution in [0, 0.1) is 0 Å². The molecular weight excluding hydrogens is 244 g/mol. The molecule has 0 spiro atoms. The zero-order valence-corrected chi connectivity index (χ0v) is 9.79. The van der Waals surface area contributed by atoms with E-state index in [2.05, 4.69) is 15.9 Å². The summed E-state index contributed by atoms with van der Waals surface area (Å²) in [6.07, 6.45) is 0. The summed E-state index contributed by atoms with van der Waals surface area (Å²) in [5, 5.41) is 8.74. The van der Waals surface area contributed by atoms with Crippen molar-refractivity contribution < 1.29 is 5.11 Å². The molecule has 0 heterocycles. The van der Waals surface area contributed by atoms with E-state index >= 15 is 0 Å². The second-order valence-corrected chi connectivity index (χ2v) is 4.17. The molecule has 0 aliphatic rings. The summed E-state index contributed by atoms with van der Waals surface area (Å²) >= 11 is 3.35. The number of hydrogen-bond acceptors (Lipinski definition) is 3. The summed E-state index contributed by atoms with van der Waals surface area (Å²) < 4.78 is 0.922. The predicted octanol–water partition coefficient (Wildman–Crippen LogP) is 1.46. The lowest BCUT2D eigenvalue weighted by Gasteiger charge is -2.15. The summed E-state index contributed by atoms with van der Waals surface area (Å²) in [4.78, 5) is 2.04. The van der Waals surface area contributed by atoms with Crippen LogP contribution in [0.15, 0.2) is 22.7 Å². The third kappa shape index (κ3) is 3.29. The van der Waals surface area contributed by atoms with Crippen LogP contribution in [0.1, 0.15) is 5.56 Å². The molecule has 0 aliphatic carbocycles. The second-order valence-electron chi connectivity index (χ2n) is 3.32. The highest BCUT2D eigenvalue weighted by Gasteiger charge is 2.01. The first-order valence-electron chi connectivity index (χ1n) is 4.47. The van der Waals surface area contributed by atoms with Crippen molar-refractivity contribution >= 4 is 21.6 Å². The maximum atomic E-state index is 8.74. The Morgan fingerprint density at radius 2 is 2.21 bits per heavy atom. The maximum absolute atomic E-state index is 8.74. The van der Waals surface area contributed by atoms with Crippen molar-refractivity contribution in [2.75, 3.05) is 25.9 Å². The molecule has 0 atom stereocenters. The minimum absolute atomic E-state index is 0.183. The van der Waals surface area contributed by atoms with Gasteiger partial charge in [-0.05, 0) is 40.7 Å². The van der Waals surface area contributed by atoms with Crippen LogP contribution >= 0.6 is 15.9 Å². The molecule has 1 rings (SSSR count). The Hall–Kier alpha value is -0.580. The van der Waals surface area contributed by atoms with Crippen molar-refractivity contribution in [3.8, 4) is 0 Å². The van der Waals surface area contributed by atoms with Gasteiger partial charge >= 0.3 is 0 Å². The lowest BCUT2D eigenvalue weighted by atomic mass is 10.2. The minimum Gasteiger partial charge on any atom is -0.398 e. The van der Waals surface area contributed by atoms with Gasteiger partial charge in [-0.25, -0.2) is 0 Å². The number of hydrogen-bond donors (Lipinski definition) is 2. The molecule has 4 heteroatoms. The Balaban J connectivity index is 2.63. The number of aliphatic hydroxyl groups excluding tert-OH is 1. The van der Waals surface area contributed by atoms with Crippen LogP contribution in [0.2, 0.25) is 0 Å². The first kappa shape index (κ1) is 11.5. The zero-order valence-electron chi connectivity index (χ0n) is 8.20. The Kier molecular flexibility index (Phi) is 4.38. The zero-order chi connectivity index (χ0) is 10.6. The van der Waals surface area contributed by atoms with E-state index in [4.69, 9.17) is 10.8 Å². The Morgan fingerprint density at radius 1 is 1.50 bits per heavy atom. The lowest BCUT2D eigenvalue weighted by molar-refractivity contribution is 0.217. The van der Waals surface area contributed by atoms with Gasteiger partial charge in [0.25, 0.3) is 0 Å². The summed E-state index contributed by atoms with van der Waals surface area (Å²) in [6, 6.07) is 5.91. The average molecular weight is 259 g/mol. The molecule has 0 radical (unpaired) electrons. The molecule has 0 unspecified atom stereocenters. The van der Waals surface area contributed by atoms with Crippen LogP contribution in [0.4, 0.5) is 5.69 Å². The van der Waals surface area contributed by atoms with E-state index in [1.54, 1.807) is 0 Å². The Morgan fingerprint density at radius 3 is 2.79 bits per heavy atom. The van der Waals surface area contributed by atoms with Crippen LogP contribution in [-0.4, -0.2) is 30.2 Å². The highest BCUT2D eigenvalue weighted by Crippen LogP contribution is 2.20. The molecule has 0 amide bonds. The minimum atomic E-state index is 0.183. The molecule has 0 saturated heterocycles. The van der Waals surface area contributed by atoms with Gasteiger partial charge in [-0.15, -0.1) is 0 Å². The number of nitrogens with zero attached hydrogens (tertiary/aromatic N) is 1. The van der Waals surface area contributed by atoms with Gasteiger partial charge in [-0.2, -0.15) is 0 Å². The number of rotatable bonds is 4. The topological polar surface area (TPSA) is 49.5 Å². The molecule has 1 aromatic carbocycles. The van der Waals surface area contributed by atoms with Crippen LogP contribution in [-0.2, 0) is 6.54 Å². The highest BCUT2D eigenvalue weighted by atomic mass is 79.9. The van der Waals surface area contributed by atoms with Gasteiger partial charge in [0.15, 0.2) is 0 Å². The van der Waals surface area contributed by atoms with Crippen molar-refractivity contribution in [3.05, 3.63) is 28.2 Å². The van der Waals surface area contributed by atoms with Crippen molar-refractivity contribution in [2.24, 2.45) is 0 Å². The fourth-order valence-corrected chi connectivity index (χ4v) is 1.50. The number of benzene rings is 1. The van der Waals surface area contributed by atoms with Gasteiger partial charge < -0.3 is 10.8 Å². The van der Waals surface area contributed by atoms with E-state index in [1.807, 2.05) is 30.1 Å². The molecule has 0 fully saturated rings. The summed E-state index contributed by atoms with van der Waals surface area (Å²) in [5.41, 5.74) is 7.66. The molecule has 14 heavy (non-hydrogen) atoms. The molecular formula is C10H15BrN2O. The van der Waals surface area contributed by atoms with Gasteiger partial charge in [0.2, 0.25) is 0 Å². The smallest absolute Gasteiger partial charge is 0.0558 e. The van der Waals surface area contributed by atoms with Gasteiger partial charge in [-0.3, -0.25) is 4.90 Å². The van der Waals surface area contributed by atoms with E-state index in [9.17, 15) is 0 Å². The van der Waals surface area contributed by atoms with Gasteiger partial charge in [-0.1, -0.05) is 6.07 Å². The third-order valence-corrected chi connectivity index (χ3v) is 2.72. The van der Waals surface area contributed by atoms with Crippen molar-refractivity contribution in [3.63, 3.8) is 0 Å². The van der Waals surface area contributed by atoms with Crippen LogP contribution in [0.25, 0.3) is 0 Å². The summed E-state index contributed by atoms with van der Waals surface area (Å²) in [7, 11) is 1.97. The first-order valence-corrected chi connectivity index (χ1v) is 5.26. The molecule has 78 valence electrons. The number of likely N-dealkylation sites (N-methyl/N-ethyl adjacent to an activating group) is 1. The Bertz CT molecular complexity index is 304. The largest absolute Gasteiger partial charge is 0.398 e. The lowest BCUT2D eigenvalue weighted by Crippen LogP contribution is -2.21. The maximum Gasteiger partial charge on any atom is 0.0558 e. The fourth-order valence-electron chi connectivity index (χ4n) is 1.25. The Labute approximate surface area is 92.7 Å².